The number of piperidine rings is 1. The van der Waals surface area contributed by atoms with Crippen molar-refractivity contribution < 1.29 is 9.18 Å². The first-order valence-corrected chi connectivity index (χ1v) is 8.05. The lowest BCUT2D eigenvalue weighted by molar-refractivity contribution is -0.129. The molecule has 0 amide bonds. The highest BCUT2D eigenvalue weighted by atomic mass is 79.9. The first-order chi connectivity index (χ1) is 9.57. The maximum absolute atomic E-state index is 13.3. The van der Waals surface area contributed by atoms with Crippen molar-refractivity contribution in [2.75, 3.05) is 13.1 Å². The van der Waals surface area contributed by atoms with Gasteiger partial charge in [-0.25, -0.2) is 4.39 Å². The van der Waals surface area contributed by atoms with Gasteiger partial charge in [0.15, 0.2) is 0 Å². The Bertz CT molecular complexity index is 478. The summed E-state index contributed by atoms with van der Waals surface area (Å²) >= 11 is 3.41. The fourth-order valence-electron chi connectivity index (χ4n) is 3.08. The molecule has 2 nitrogen and oxygen atoms in total. The number of ketones is 1. The standard InChI is InChI=1S/C16H21BrFNO/c1-2-6-16(7-3-8-19-11-16)15(20)10-12-9-13(18)4-5-14(12)17/h4-5,9,19H,2-3,6-8,10-11H2,1H3. The molecule has 1 aromatic carbocycles. The Morgan fingerprint density at radius 3 is 2.95 bits per heavy atom. The van der Waals surface area contributed by atoms with Crippen LogP contribution in [0.4, 0.5) is 4.39 Å². The van der Waals surface area contributed by atoms with Crippen LogP contribution in [0.15, 0.2) is 22.7 Å². The summed E-state index contributed by atoms with van der Waals surface area (Å²) in [5.74, 6) is -0.0554. The van der Waals surface area contributed by atoms with Crippen LogP contribution in [-0.4, -0.2) is 18.9 Å². The first-order valence-electron chi connectivity index (χ1n) is 7.25. The molecule has 1 aromatic rings. The quantitative estimate of drug-likeness (QED) is 0.880. The third kappa shape index (κ3) is 3.47. The van der Waals surface area contributed by atoms with Crippen molar-refractivity contribution >= 4 is 21.7 Å². The number of carbonyl (C=O) groups excluding carboxylic acids is 1. The highest BCUT2D eigenvalue weighted by Gasteiger charge is 2.38. The molecule has 1 atom stereocenters. The Morgan fingerprint density at radius 2 is 2.30 bits per heavy atom. The molecule has 0 spiro atoms. The molecule has 1 saturated heterocycles. The lowest BCUT2D eigenvalue weighted by Crippen LogP contribution is -2.46. The van der Waals surface area contributed by atoms with E-state index in [2.05, 4.69) is 28.2 Å². The van der Waals surface area contributed by atoms with Crippen LogP contribution in [-0.2, 0) is 11.2 Å². The monoisotopic (exact) mass is 341 g/mol. The van der Waals surface area contributed by atoms with E-state index in [9.17, 15) is 9.18 Å². The van der Waals surface area contributed by atoms with Crippen LogP contribution in [0.3, 0.4) is 0 Å². The number of halogens is 2. The van der Waals surface area contributed by atoms with E-state index in [1.54, 1.807) is 6.07 Å². The van der Waals surface area contributed by atoms with E-state index >= 15 is 0 Å². The predicted molar refractivity (Wildman–Crippen MR) is 82.3 cm³/mol. The smallest absolute Gasteiger partial charge is 0.144 e. The third-order valence-corrected chi connectivity index (χ3v) is 4.92. The number of hydrogen-bond donors (Lipinski definition) is 1. The first kappa shape index (κ1) is 15.6. The van der Waals surface area contributed by atoms with Gasteiger partial charge < -0.3 is 5.32 Å². The normalized spacial score (nSPS) is 22.8. The Balaban J connectivity index is 2.18. The summed E-state index contributed by atoms with van der Waals surface area (Å²) in [7, 11) is 0. The number of rotatable bonds is 5. The number of nitrogens with one attached hydrogen (secondary N) is 1. The van der Waals surface area contributed by atoms with Crippen molar-refractivity contribution in [2.45, 2.75) is 39.0 Å². The second-order valence-electron chi connectivity index (χ2n) is 5.65. The molecule has 0 bridgehead atoms. The van der Waals surface area contributed by atoms with Crippen molar-refractivity contribution in [3.63, 3.8) is 0 Å². The highest BCUT2D eigenvalue weighted by molar-refractivity contribution is 9.10. The molecule has 0 radical (unpaired) electrons. The van der Waals surface area contributed by atoms with Gasteiger partial charge >= 0.3 is 0 Å². The second-order valence-corrected chi connectivity index (χ2v) is 6.50. The van der Waals surface area contributed by atoms with Crippen molar-refractivity contribution in [3.8, 4) is 0 Å². The van der Waals surface area contributed by atoms with Gasteiger partial charge in [-0.3, -0.25) is 4.79 Å². The summed E-state index contributed by atoms with van der Waals surface area (Å²) in [4.78, 5) is 12.8. The molecule has 1 heterocycles. The number of hydrogen-bond acceptors (Lipinski definition) is 2. The topological polar surface area (TPSA) is 29.1 Å². The van der Waals surface area contributed by atoms with Crippen molar-refractivity contribution in [3.05, 3.63) is 34.1 Å². The van der Waals surface area contributed by atoms with Gasteiger partial charge in [-0.05, 0) is 49.6 Å². The predicted octanol–water partition coefficient (Wildman–Crippen LogP) is 3.87. The molecule has 1 aliphatic heterocycles. The lowest BCUT2D eigenvalue weighted by Gasteiger charge is -2.36. The summed E-state index contributed by atoms with van der Waals surface area (Å²) in [6, 6.07) is 4.53. The van der Waals surface area contributed by atoms with Gasteiger partial charge in [0, 0.05) is 22.9 Å². The van der Waals surface area contributed by atoms with E-state index in [1.807, 2.05) is 0 Å². The summed E-state index contributed by atoms with van der Waals surface area (Å²) in [5, 5.41) is 3.35. The van der Waals surface area contributed by atoms with E-state index < -0.39 is 0 Å². The number of benzene rings is 1. The van der Waals surface area contributed by atoms with Gasteiger partial charge in [-0.2, -0.15) is 0 Å². The van der Waals surface area contributed by atoms with E-state index in [4.69, 9.17) is 0 Å². The van der Waals surface area contributed by atoms with Gasteiger partial charge in [0.2, 0.25) is 0 Å². The van der Waals surface area contributed by atoms with E-state index in [0.29, 0.717) is 6.42 Å². The minimum Gasteiger partial charge on any atom is -0.316 e. The van der Waals surface area contributed by atoms with Crippen molar-refractivity contribution in [1.29, 1.82) is 0 Å². The van der Waals surface area contributed by atoms with Gasteiger partial charge in [0.1, 0.15) is 11.6 Å². The highest BCUT2D eigenvalue weighted by Crippen LogP contribution is 2.34. The molecule has 0 saturated carbocycles. The van der Waals surface area contributed by atoms with E-state index in [-0.39, 0.29) is 17.0 Å². The van der Waals surface area contributed by atoms with Crippen LogP contribution in [0.25, 0.3) is 0 Å². The van der Waals surface area contributed by atoms with Crippen LogP contribution >= 0.6 is 15.9 Å². The molecule has 1 aliphatic rings. The molecule has 1 fully saturated rings. The molecular formula is C16H21BrFNO. The van der Waals surface area contributed by atoms with Crippen molar-refractivity contribution in [1.82, 2.24) is 5.32 Å². The van der Waals surface area contributed by atoms with Crippen LogP contribution in [0.2, 0.25) is 0 Å². The Morgan fingerprint density at radius 1 is 1.50 bits per heavy atom. The molecule has 20 heavy (non-hydrogen) atoms. The molecule has 1 N–H and O–H groups in total. The minimum absolute atomic E-state index is 0.234. The molecular weight excluding hydrogens is 321 g/mol. The molecule has 0 aromatic heterocycles. The maximum atomic E-state index is 13.3. The third-order valence-electron chi connectivity index (χ3n) is 4.15. The van der Waals surface area contributed by atoms with Crippen molar-refractivity contribution in [2.24, 2.45) is 5.41 Å². The Labute approximate surface area is 128 Å². The summed E-state index contributed by atoms with van der Waals surface area (Å²) in [5.41, 5.74) is 0.481. The maximum Gasteiger partial charge on any atom is 0.144 e. The molecule has 4 heteroatoms. The van der Waals surface area contributed by atoms with E-state index in [0.717, 1.165) is 48.8 Å². The summed E-state index contributed by atoms with van der Waals surface area (Å²) in [6.07, 6.45) is 4.19. The SMILES string of the molecule is CCCC1(C(=O)Cc2cc(F)ccc2Br)CCCNC1. The molecule has 0 aliphatic carbocycles. The average Bonchev–Trinajstić information content (AvgIpc) is 2.44. The minimum atomic E-state index is -0.290. The van der Waals surface area contributed by atoms with E-state index in [1.165, 1.54) is 12.1 Å². The fourth-order valence-corrected chi connectivity index (χ4v) is 3.46. The summed E-state index contributed by atoms with van der Waals surface area (Å²) < 4.78 is 14.1. The van der Waals surface area contributed by atoms with Crippen LogP contribution in [0.5, 0.6) is 0 Å². The van der Waals surface area contributed by atoms with Gasteiger partial charge in [0.25, 0.3) is 0 Å². The lowest BCUT2D eigenvalue weighted by atomic mass is 9.72. The molecule has 110 valence electrons. The zero-order valence-electron chi connectivity index (χ0n) is 11.8. The fraction of sp³-hybridized carbons (Fsp3) is 0.562. The second kappa shape index (κ2) is 6.81. The number of Topliss-reactive ketones (excluding diaryl/α,β-unsaturated/α-hetero) is 1. The average molecular weight is 342 g/mol. The largest absolute Gasteiger partial charge is 0.316 e. The number of carbonyl (C=O) groups is 1. The molecule has 2 rings (SSSR count). The van der Waals surface area contributed by atoms with Crippen LogP contribution in [0.1, 0.15) is 38.2 Å². The van der Waals surface area contributed by atoms with Crippen LogP contribution in [0, 0.1) is 11.2 Å². The van der Waals surface area contributed by atoms with Crippen LogP contribution < -0.4 is 5.32 Å². The Hall–Kier alpha value is -0.740. The molecule has 1 unspecified atom stereocenters. The zero-order valence-corrected chi connectivity index (χ0v) is 13.4. The van der Waals surface area contributed by atoms with Gasteiger partial charge in [-0.15, -0.1) is 0 Å². The van der Waals surface area contributed by atoms with Gasteiger partial charge in [0.05, 0.1) is 0 Å². The Kier molecular flexibility index (Phi) is 5.33. The zero-order chi connectivity index (χ0) is 14.6. The van der Waals surface area contributed by atoms with Gasteiger partial charge in [-0.1, -0.05) is 29.3 Å². The summed E-state index contributed by atoms with van der Waals surface area (Å²) in [6.45, 7) is 3.86.